The number of carbonyl (C=O) groups is 2. The number of nitrogens with zero attached hydrogens (tertiary/aromatic N) is 2. The van der Waals surface area contributed by atoms with Crippen molar-refractivity contribution in [2.45, 2.75) is 48.6 Å². The summed E-state index contributed by atoms with van der Waals surface area (Å²) in [4.78, 5) is 28.6. The van der Waals surface area contributed by atoms with E-state index in [1.165, 1.54) is 49.2 Å². The summed E-state index contributed by atoms with van der Waals surface area (Å²) in [7, 11) is 0. The predicted octanol–water partition coefficient (Wildman–Crippen LogP) is 3.24. The molecule has 0 unspecified atom stereocenters. The molecular formula is C19H25N5O2S2. The summed E-state index contributed by atoms with van der Waals surface area (Å²) >= 11 is 2.61. The number of carbonyl (C=O) groups excluding carboxylic acids is 2. The second-order valence-electron chi connectivity index (χ2n) is 6.84. The molecule has 4 N–H and O–H groups in total. The Morgan fingerprint density at radius 3 is 2.75 bits per heavy atom. The van der Waals surface area contributed by atoms with Crippen LogP contribution in [0.2, 0.25) is 0 Å². The summed E-state index contributed by atoms with van der Waals surface area (Å²) in [5.41, 5.74) is 5.87. The van der Waals surface area contributed by atoms with Gasteiger partial charge in [0.25, 0.3) is 0 Å². The molecule has 150 valence electrons. The minimum absolute atomic E-state index is 0.144. The summed E-state index contributed by atoms with van der Waals surface area (Å²) < 4.78 is 0. The maximum Gasteiger partial charge on any atom is 0.234 e. The summed E-state index contributed by atoms with van der Waals surface area (Å²) in [6.07, 6.45) is 7.42. The van der Waals surface area contributed by atoms with E-state index >= 15 is 0 Å². The number of aromatic nitrogens is 3. The van der Waals surface area contributed by atoms with Crippen molar-refractivity contribution in [1.82, 2.24) is 15.2 Å². The highest BCUT2D eigenvalue weighted by Gasteiger charge is 2.16. The van der Waals surface area contributed by atoms with Crippen LogP contribution in [-0.4, -0.2) is 38.5 Å². The molecular weight excluding hydrogens is 394 g/mol. The zero-order valence-corrected chi connectivity index (χ0v) is 17.3. The van der Waals surface area contributed by atoms with Gasteiger partial charge in [-0.1, -0.05) is 49.6 Å². The second-order valence-corrected chi connectivity index (χ2v) is 8.80. The van der Waals surface area contributed by atoms with Gasteiger partial charge in [-0.25, -0.2) is 4.98 Å². The number of rotatable bonds is 10. The maximum atomic E-state index is 12.3. The number of nitrogens with one attached hydrogen (secondary N) is 2. The van der Waals surface area contributed by atoms with Crippen molar-refractivity contribution in [2.75, 3.05) is 16.8 Å². The molecule has 1 aliphatic rings. The smallest absolute Gasteiger partial charge is 0.234 e. The molecule has 2 aromatic rings. The minimum atomic E-state index is -0.393. The minimum Gasteiger partial charge on any atom is -0.369 e. The van der Waals surface area contributed by atoms with Gasteiger partial charge in [0.05, 0.1) is 17.2 Å². The number of anilines is 1. The average Bonchev–Trinajstić information content (AvgIpc) is 3.36. The second kappa shape index (κ2) is 10.5. The Morgan fingerprint density at radius 1 is 1.18 bits per heavy atom. The van der Waals surface area contributed by atoms with E-state index in [-0.39, 0.29) is 17.4 Å². The molecule has 3 rings (SSSR count). The predicted molar refractivity (Wildman–Crippen MR) is 112 cm³/mol. The first kappa shape index (κ1) is 20.7. The van der Waals surface area contributed by atoms with Gasteiger partial charge in [-0.3, -0.25) is 14.7 Å². The number of aromatic amines is 1. The van der Waals surface area contributed by atoms with Gasteiger partial charge in [-0.15, -0.1) is 16.9 Å². The molecule has 0 saturated heterocycles. The van der Waals surface area contributed by atoms with E-state index in [1.807, 2.05) is 18.2 Å². The van der Waals surface area contributed by atoms with Gasteiger partial charge in [0.1, 0.15) is 5.82 Å². The highest BCUT2D eigenvalue weighted by atomic mass is 32.2. The van der Waals surface area contributed by atoms with Crippen molar-refractivity contribution in [1.29, 1.82) is 0 Å². The summed E-state index contributed by atoms with van der Waals surface area (Å²) in [5.74, 6) is 1.56. The first-order valence-corrected chi connectivity index (χ1v) is 11.4. The molecule has 1 aliphatic carbocycles. The van der Waals surface area contributed by atoms with Crippen LogP contribution in [0.25, 0.3) is 0 Å². The van der Waals surface area contributed by atoms with Gasteiger partial charge in [-0.05, 0) is 24.5 Å². The number of H-pyrrole nitrogens is 1. The average molecular weight is 420 g/mol. The van der Waals surface area contributed by atoms with Crippen LogP contribution in [-0.2, 0) is 16.0 Å². The third-order valence-electron chi connectivity index (χ3n) is 4.64. The van der Waals surface area contributed by atoms with E-state index < -0.39 is 5.91 Å². The molecule has 0 bridgehead atoms. The Labute approximate surface area is 173 Å². The van der Waals surface area contributed by atoms with Crippen LogP contribution in [0.5, 0.6) is 0 Å². The molecule has 28 heavy (non-hydrogen) atoms. The van der Waals surface area contributed by atoms with E-state index in [4.69, 9.17) is 5.73 Å². The lowest BCUT2D eigenvalue weighted by molar-refractivity contribution is -0.115. The van der Waals surface area contributed by atoms with Gasteiger partial charge < -0.3 is 11.1 Å². The van der Waals surface area contributed by atoms with Crippen LogP contribution in [0, 0.1) is 5.92 Å². The molecule has 7 nitrogen and oxygen atoms in total. The Hall–Kier alpha value is -2.00. The fourth-order valence-corrected chi connectivity index (χ4v) is 4.62. The molecule has 1 fully saturated rings. The molecule has 0 radical (unpaired) electrons. The zero-order valence-electron chi connectivity index (χ0n) is 15.6. The standard InChI is InChI=1S/C19H25N5O2S2/c20-16(25)11-27-15-8-4-3-7-14(15)21-18(26)12-28-19-22-17(23-24-19)10-9-13-5-1-2-6-13/h3-4,7-8,13H,1-2,5-6,9-12H2,(H2,20,25)(H,21,26)(H,22,23,24). The number of thioether (sulfide) groups is 2. The monoisotopic (exact) mass is 419 g/mol. The number of amides is 2. The number of nitrogens with two attached hydrogens (primary N) is 1. The van der Waals surface area contributed by atoms with Crippen molar-refractivity contribution in [3.63, 3.8) is 0 Å². The van der Waals surface area contributed by atoms with E-state index in [0.717, 1.165) is 29.5 Å². The molecule has 0 spiro atoms. The number of hydrogen-bond donors (Lipinski definition) is 3. The normalized spacial score (nSPS) is 14.3. The van der Waals surface area contributed by atoms with Gasteiger partial charge in [0.2, 0.25) is 17.0 Å². The maximum absolute atomic E-state index is 12.3. The van der Waals surface area contributed by atoms with Crippen LogP contribution < -0.4 is 11.1 Å². The van der Waals surface area contributed by atoms with Crippen molar-refractivity contribution >= 4 is 41.0 Å². The number of hydrogen-bond acceptors (Lipinski definition) is 6. The lowest BCUT2D eigenvalue weighted by atomic mass is 10.0. The Bertz CT molecular complexity index is 805. The topological polar surface area (TPSA) is 114 Å². The van der Waals surface area contributed by atoms with Gasteiger partial charge >= 0.3 is 0 Å². The molecule has 0 atom stereocenters. The van der Waals surface area contributed by atoms with Gasteiger partial charge in [0, 0.05) is 11.3 Å². The zero-order chi connectivity index (χ0) is 19.8. The Balaban J connectivity index is 1.45. The fourth-order valence-electron chi connectivity index (χ4n) is 3.26. The molecule has 2 amide bonds. The summed E-state index contributed by atoms with van der Waals surface area (Å²) in [5, 5.41) is 10.6. The first-order valence-electron chi connectivity index (χ1n) is 9.44. The van der Waals surface area contributed by atoms with Crippen LogP contribution >= 0.6 is 23.5 Å². The largest absolute Gasteiger partial charge is 0.369 e. The van der Waals surface area contributed by atoms with Crippen LogP contribution in [0.15, 0.2) is 34.3 Å². The molecule has 1 heterocycles. The molecule has 1 aromatic carbocycles. The lowest BCUT2D eigenvalue weighted by Gasteiger charge is -2.09. The third kappa shape index (κ3) is 6.56. The van der Waals surface area contributed by atoms with Crippen LogP contribution in [0.3, 0.4) is 0 Å². The van der Waals surface area contributed by atoms with E-state index in [1.54, 1.807) is 6.07 Å². The van der Waals surface area contributed by atoms with E-state index in [9.17, 15) is 9.59 Å². The molecule has 9 heteroatoms. The van der Waals surface area contributed by atoms with E-state index in [2.05, 4.69) is 20.5 Å². The van der Waals surface area contributed by atoms with Crippen molar-refractivity contribution < 1.29 is 9.59 Å². The number of benzene rings is 1. The number of primary amides is 1. The highest BCUT2D eigenvalue weighted by molar-refractivity contribution is 8.00. The van der Waals surface area contributed by atoms with Gasteiger partial charge in [0.15, 0.2) is 0 Å². The SMILES string of the molecule is NC(=O)CSc1ccccc1NC(=O)CSc1n[nH]c(CCC2CCCC2)n1. The van der Waals surface area contributed by atoms with Crippen LogP contribution in [0.1, 0.15) is 37.9 Å². The van der Waals surface area contributed by atoms with Crippen LogP contribution in [0.4, 0.5) is 5.69 Å². The summed E-state index contributed by atoms with van der Waals surface area (Å²) in [6.45, 7) is 0. The Kier molecular flexibility index (Phi) is 7.79. The highest BCUT2D eigenvalue weighted by Crippen LogP contribution is 2.29. The molecule has 0 aliphatic heterocycles. The van der Waals surface area contributed by atoms with Gasteiger partial charge in [-0.2, -0.15) is 0 Å². The fraction of sp³-hybridized carbons (Fsp3) is 0.474. The molecule has 1 aromatic heterocycles. The number of para-hydroxylation sites is 1. The summed E-state index contributed by atoms with van der Waals surface area (Å²) in [6, 6.07) is 7.35. The Morgan fingerprint density at radius 2 is 1.96 bits per heavy atom. The quantitative estimate of drug-likeness (QED) is 0.510. The lowest BCUT2D eigenvalue weighted by Crippen LogP contribution is -2.16. The van der Waals surface area contributed by atoms with E-state index in [0.29, 0.717) is 10.8 Å². The van der Waals surface area contributed by atoms with Crippen molar-refractivity contribution in [3.05, 3.63) is 30.1 Å². The first-order chi connectivity index (χ1) is 13.6. The third-order valence-corrected chi connectivity index (χ3v) is 6.58. The van der Waals surface area contributed by atoms with Crippen molar-refractivity contribution in [3.8, 4) is 0 Å². The number of aryl methyl sites for hydroxylation is 1. The molecule has 1 saturated carbocycles. The van der Waals surface area contributed by atoms with Crippen molar-refractivity contribution in [2.24, 2.45) is 11.7 Å².